The summed E-state index contributed by atoms with van der Waals surface area (Å²) in [4.78, 5) is 0. The topological polar surface area (TPSA) is 18.5 Å². The van der Waals surface area contributed by atoms with Crippen LogP contribution in [0.25, 0.3) is 0 Å². The Labute approximate surface area is 108 Å². The van der Waals surface area contributed by atoms with Crippen molar-refractivity contribution in [2.75, 3.05) is 27.4 Å². The van der Waals surface area contributed by atoms with E-state index in [4.69, 9.17) is 9.47 Å². The minimum absolute atomic E-state index is 0.343. The maximum atomic E-state index is 5.50. The highest BCUT2D eigenvalue weighted by atomic mass is 16.5. The summed E-state index contributed by atoms with van der Waals surface area (Å²) in [5.74, 6) is 1.46. The van der Waals surface area contributed by atoms with Gasteiger partial charge in [0.25, 0.3) is 0 Å². The fourth-order valence-corrected chi connectivity index (χ4v) is 3.11. The largest absolute Gasteiger partial charge is 0.385 e. The predicted molar refractivity (Wildman–Crippen MR) is 74.3 cm³/mol. The van der Waals surface area contributed by atoms with Crippen LogP contribution in [0.1, 0.15) is 53.4 Å². The highest BCUT2D eigenvalue weighted by Gasteiger charge is 2.31. The van der Waals surface area contributed by atoms with Gasteiger partial charge in [0.15, 0.2) is 0 Å². The summed E-state index contributed by atoms with van der Waals surface area (Å²) in [6, 6.07) is 0. The Hall–Kier alpha value is -0.0800. The molecule has 0 saturated carbocycles. The molecule has 104 valence electrons. The fourth-order valence-electron chi connectivity index (χ4n) is 3.11. The van der Waals surface area contributed by atoms with E-state index in [1.165, 1.54) is 19.3 Å². The van der Waals surface area contributed by atoms with Crippen LogP contribution in [0.2, 0.25) is 0 Å². The summed E-state index contributed by atoms with van der Waals surface area (Å²) < 4.78 is 10.7. The van der Waals surface area contributed by atoms with Gasteiger partial charge >= 0.3 is 0 Å². The van der Waals surface area contributed by atoms with E-state index in [-0.39, 0.29) is 0 Å². The van der Waals surface area contributed by atoms with Gasteiger partial charge in [0.2, 0.25) is 0 Å². The zero-order valence-corrected chi connectivity index (χ0v) is 12.7. The van der Waals surface area contributed by atoms with E-state index in [1.807, 2.05) is 7.11 Å². The molecule has 0 aliphatic rings. The molecule has 2 heteroatoms. The predicted octanol–water partition coefficient (Wildman–Crippen LogP) is 4.14. The van der Waals surface area contributed by atoms with Gasteiger partial charge in [-0.1, -0.05) is 27.7 Å². The molecule has 0 rings (SSSR count). The number of methoxy groups -OCH3 is 2. The van der Waals surface area contributed by atoms with Gasteiger partial charge in [-0.15, -0.1) is 0 Å². The monoisotopic (exact) mass is 244 g/mol. The molecule has 0 aliphatic heterocycles. The van der Waals surface area contributed by atoms with Crippen molar-refractivity contribution in [3.63, 3.8) is 0 Å². The molecular formula is C15H32O2. The molecule has 0 aromatic carbocycles. The smallest absolute Gasteiger partial charge is 0.0518 e. The lowest BCUT2D eigenvalue weighted by atomic mass is 9.72. The van der Waals surface area contributed by atoms with Crippen molar-refractivity contribution in [1.82, 2.24) is 0 Å². The molecule has 0 amide bonds. The van der Waals surface area contributed by atoms with Gasteiger partial charge in [-0.25, -0.2) is 0 Å². The minimum Gasteiger partial charge on any atom is -0.385 e. The van der Waals surface area contributed by atoms with Crippen molar-refractivity contribution >= 4 is 0 Å². The fraction of sp³-hybridized carbons (Fsp3) is 1.00. The molecule has 0 saturated heterocycles. The van der Waals surface area contributed by atoms with E-state index in [9.17, 15) is 0 Å². The molecule has 0 heterocycles. The highest BCUT2D eigenvalue weighted by molar-refractivity contribution is 4.81. The van der Waals surface area contributed by atoms with Crippen molar-refractivity contribution in [1.29, 1.82) is 0 Å². The molecule has 0 radical (unpaired) electrons. The third kappa shape index (κ3) is 7.77. The van der Waals surface area contributed by atoms with Crippen molar-refractivity contribution in [2.45, 2.75) is 53.4 Å². The van der Waals surface area contributed by atoms with Crippen LogP contribution >= 0.6 is 0 Å². The molecule has 0 atom stereocenters. The molecule has 0 spiro atoms. The lowest BCUT2D eigenvalue weighted by molar-refractivity contribution is 0.0309. The second-order valence-corrected chi connectivity index (χ2v) is 6.23. The summed E-state index contributed by atoms with van der Waals surface area (Å²) in [7, 11) is 3.61. The van der Waals surface area contributed by atoms with E-state index < -0.39 is 0 Å². The quantitative estimate of drug-likeness (QED) is 0.538. The lowest BCUT2D eigenvalue weighted by Crippen LogP contribution is -2.30. The van der Waals surface area contributed by atoms with Gasteiger partial charge < -0.3 is 9.47 Å². The molecule has 0 aliphatic carbocycles. The van der Waals surface area contributed by atoms with Gasteiger partial charge in [-0.2, -0.15) is 0 Å². The zero-order valence-electron chi connectivity index (χ0n) is 12.7. The number of hydrogen-bond acceptors (Lipinski definition) is 2. The Morgan fingerprint density at radius 1 is 0.882 bits per heavy atom. The van der Waals surface area contributed by atoms with E-state index in [0.717, 1.165) is 31.5 Å². The number of hydrogen-bond donors (Lipinski definition) is 0. The molecule has 17 heavy (non-hydrogen) atoms. The molecule has 2 nitrogen and oxygen atoms in total. The average molecular weight is 244 g/mol. The van der Waals surface area contributed by atoms with Crippen molar-refractivity contribution in [2.24, 2.45) is 17.3 Å². The Morgan fingerprint density at radius 3 is 1.76 bits per heavy atom. The zero-order chi connectivity index (χ0) is 13.3. The molecule has 0 unspecified atom stereocenters. The van der Waals surface area contributed by atoms with Crippen molar-refractivity contribution < 1.29 is 9.47 Å². The van der Waals surface area contributed by atoms with Gasteiger partial charge in [0.1, 0.15) is 0 Å². The average Bonchev–Trinajstić information content (AvgIpc) is 2.16. The normalized spacial score (nSPS) is 12.7. The first-order chi connectivity index (χ1) is 7.95. The summed E-state index contributed by atoms with van der Waals surface area (Å²) >= 11 is 0. The summed E-state index contributed by atoms with van der Waals surface area (Å²) in [5, 5.41) is 0. The van der Waals surface area contributed by atoms with Gasteiger partial charge in [0.05, 0.1) is 6.61 Å². The summed E-state index contributed by atoms with van der Waals surface area (Å²) in [6.45, 7) is 11.0. The van der Waals surface area contributed by atoms with Crippen LogP contribution in [0.3, 0.4) is 0 Å². The second-order valence-electron chi connectivity index (χ2n) is 6.23. The number of rotatable bonds is 10. The first-order valence-electron chi connectivity index (χ1n) is 6.93. The highest BCUT2D eigenvalue weighted by Crippen LogP contribution is 2.38. The maximum absolute atomic E-state index is 5.50. The third-order valence-corrected chi connectivity index (χ3v) is 3.19. The van der Waals surface area contributed by atoms with Crippen molar-refractivity contribution in [3.8, 4) is 0 Å². The SMILES string of the molecule is COCCCC(COC)(CC(C)C)CC(C)C. The van der Waals surface area contributed by atoms with E-state index in [2.05, 4.69) is 27.7 Å². The van der Waals surface area contributed by atoms with Crippen molar-refractivity contribution in [3.05, 3.63) is 0 Å². The van der Waals surface area contributed by atoms with E-state index in [0.29, 0.717) is 5.41 Å². The first-order valence-corrected chi connectivity index (χ1v) is 6.93. The van der Waals surface area contributed by atoms with Crippen LogP contribution in [0, 0.1) is 17.3 Å². The van der Waals surface area contributed by atoms with Crippen LogP contribution < -0.4 is 0 Å². The van der Waals surface area contributed by atoms with Crippen LogP contribution in [-0.4, -0.2) is 27.4 Å². The minimum atomic E-state index is 0.343. The van der Waals surface area contributed by atoms with Crippen LogP contribution in [0.4, 0.5) is 0 Å². The Morgan fingerprint density at radius 2 is 1.41 bits per heavy atom. The molecular weight excluding hydrogens is 212 g/mol. The van der Waals surface area contributed by atoms with E-state index in [1.54, 1.807) is 7.11 Å². The molecule has 0 N–H and O–H groups in total. The first kappa shape index (κ1) is 16.9. The Kier molecular flexibility index (Phi) is 8.89. The van der Waals surface area contributed by atoms with Gasteiger partial charge in [-0.3, -0.25) is 0 Å². The second kappa shape index (κ2) is 8.93. The summed E-state index contributed by atoms with van der Waals surface area (Å²) in [5.41, 5.74) is 0.343. The summed E-state index contributed by atoms with van der Waals surface area (Å²) in [6.07, 6.45) is 4.86. The lowest BCUT2D eigenvalue weighted by Gasteiger charge is -2.36. The van der Waals surface area contributed by atoms with Gasteiger partial charge in [-0.05, 0) is 42.9 Å². The molecule has 0 bridgehead atoms. The Bertz CT molecular complexity index is 166. The van der Waals surface area contributed by atoms with Gasteiger partial charge in [0, 0.05) is 20.8 Å². The standard InChI is InChI=1S/C15H32O2/c1-13(2)10-15(12-17-6,11-14(3)4)8-7-9-16-5/h13-14H,7-12H2,1-6H3. The number of ether oxygens (including phenoxy) is 2. The van der Waals surface area contributed by atoms with Crippen LogP contribution in [0.5, 0.6) is 0 Å². The van der Waals surface area contributed by atoms with E-state index >= 15 is 0 Å². The third-order valence-electron chi connectivity index (χ3n) is 3.19. The van der Waals surface area contributed by atoms with Crippen LogP contribution in [0.15, 0.2) is 0 Å². The molecule has 0 aromatic heterocycles. The molecule has 0 aromatic rings. The molecule has 0 fully saturated rings. The Balaban J connectivity index is 4.55. The van der Waals surface area contributed by atoms with Crippen LogP contribution in [-0.2, 0) is 9.47 Å². The maximum Gasteiger partial charge on any atom is 0.0518 e.